The third-order valence-corrected chi connectivity index (χ3v) is 12.0. The normalized spacial score (nSPS) is 12.4. The number of aromatic nitrogens is 4. The Morgan fingerprint density at radius 1 is 0.386 bits per heavy atom. The van der Waals surface area contributed by atoms with Crippen molar-refractivity contribution in [1.82, 2.24) is 19.1 Å². The first kappa shape index (κ1) is 30.6. The minimum absolute atomic E-state index is 0.854. The van der Waals surface area contributed by atoms with Crippen molar-refractivity contribution in [2.24, 2.45) is 0 Å². The van der Waals surface area contributed by atoms with E-state index in [-0.39, 0.29) is 0 Å². The lowest BCUT2D eigenvalue weighted by molar-refractivity contribution is 0.488. The molecule has 264 valence electrons. The van der Waals surface area contributed by atoms with E-state index in [1.54, 1.807) is 0 Å². The number of nitrogens with zero attached hydrogens (tertiary/aromatic N) is 4. The van der Waals surface area contributed by atoms with E-state index in [4.69, 9.17) is 14.7 Å². The first-order valence-corrected chi connectivity index (χ1v) is 19.3. The van der Waals surface area contributed by atoms with E-state index in [0.29, 0.717) is 0 Å². The lowest BCUT2D eigenvalue weighted by Crippen LogP contribution is -2.00. The van der Waals surface area contributed by atoms with E-state index < -0.39 is 0 Å². The van der Waals surface area contributed by atoms with E-state index in [1.165, 1.54) is 43.5 Å². The first-order valence-electron chi connectivity index (χ1n) is 19.3. The molecular formula is C52H30N4O. The van der Waals surface area contributed by atoms with Gasteiger partial charge in [0.15, 0.2) is 0 Å². The van der Waals surface area contributed by atoms with Gasteiger partial charge in [0.2, 0.25) is 0 Å². The van der Waals surface area contributed by atoms with E-state index in [2.05, 4.69) is 167 Å². The summed E-state index contributed by atoms with van der Waals surface area (Å²) in [5.74, 6) is 1.71. The molecule has 0 spiro atoms. The van der Waals surface area contributed by atoms with E-state index in [1.807, 2.05) is 24.5 Å². The van der Waals surface area contributed by atoms with Crippen molar-refractivity contribution < 1.29 is 4.74 Å². The highest BCUT2D eigenvalue weighted by atomic mass is 16.5. The van der Waals surface area contributed by atoms with Gasteiger partial charge in [0.1, 0.15) is 11.5 Å². The topological polar surface area (TPSA) is 44.9 Å². The molecule has 5 heterocycles. The van der Waals surface area contributed by atoms with Crippen LogP contribution in [0.5, 0.6) is 11.5 Å². The Bertz CT molecular complexity index is 3670. The Morgan fingerprint density at radius 3 is 1.98 bits per heavy atom. The van der Waals surface area contributed by atoms with Crippen LogP contribution in [0.15, 0.2) is 182 Å². The van der Waals surface area contributed by atoms with Gasteiger partial charge in [0, 0.05) is 67.4 Å². The molecule has 8 aromatic carbocycles. The fourth-order valence-electron chi connectivity index (χ4n) is 9.54. The largest absolute Gasteiger partial charge is 0.456 e. The molecule has 1 aliphatic heterocycles. The molecule has 4 aromatic heterocycles. The lowest BCUT2D eigenvalue weighted by Gasteiger charge is -2.23. The van der Waals surface area contributed by atoms with Crippen LogP contribution in [0.2, 0.25) is 0 Å². The summed E-state index contributed by atoms with van der Waals surface area (Å²) in [7, 11) is 0. The second kappa shape index (κ2) is 11.4. The van der Waals surface area contributed by atoms with Crippen LogP contribution in [-0.4, -0.2) is 19.1 Å². The van der Waals surface area contributed by atoms with Crippen molar-refractivity contribution in [2.75, 3.05) is 0 Å². The van der Waals surface area contributed by atoms with Gasteiger partial charge in [-0.05, 0) is 94.9 Å². The summed E-state index contributed by atoms with van der Waals surface area (Å²) in [5, 5.41) is 9.28. The maximum atomic E-state index is 7.04. The molecule has 5 nitrogen and oxygen atoms in total. The zero-order valence-electron chi connectivity index (χ0n) is 30.5. The molecule has 0 radical (unpaired) electrons. The van der Waals surface area contributed by atoms with Crippen LogP contribution < -0.4 is 4.74 Å². The Labute approximate surface area is 326 Å². The molecule has 0 bridgehead atoms. The fraction of sp³-hybridized carbons (Fsp3) is 0. The summed E-state index contributed by atoms with van der Waals surface area (Å²) in [6, 6.07) is 60.9. The van der Waals surface area contributed by atoms with Gasteiger partial charge in [-0.1, -0.05) is 91.0 Å². The van der Waals surface area contributed by atoms with Gasteiger partial charge in [-0.15, -0.1) is 0 Å². The highest BCUT2D eigenvalue weighted by Gasteiger charge is 2.26. The first-order chi connectivity index (χ1) is 28.3. The van der Waals surface area contributed by atoms with Crippen molar-refractivity contribution >= 4 is 76.2 Å². The molecule has 0 saturated carbocycles. The molecule has 0 saturated heterocycles. The number of benzene rings is 8. The third kappa shape index (κ3) is 4.23. The molecule has 12 aromatic rings. The summed E-state index contributed by atoms with van der Waals surface area (Å²) in [6.07, 6.45) is 3.69. The lowest BCUT2D eigenvalue weighted by atomic mass is 9.91. The number of ether oxygens (including phenoxy) is 1. The third-order valence-electron chi connectivity index (χ3n) is 12.0. The second-order valence-electron chi connectivity index (χ2n) is 15.0. The Kier molecular flexibility index (Phi) is 6.10. The van der Waals surface area contributed by atoms with Crippen LogP contribution in [0.3, 0.4) is 0 Å². The van der Waals surface area contributed by atoms with Gasteiger partial charge in [-0.25, -0.2) is 0 Å². The standard InChI is InChI=1S/C52H30N4O/c1-2-12-34(13-3-1)55-42-19-6-4-14-35(42)41-27-31(22-24-44(41)55)32-21-23-36-37-16-8-17-40-49-38-15-5-7-20-43(38)56(46(49)30-48(50(37)40)57-47(36)29-32)45-28-33-11-9-25-53-51(33)52-39(45)18-10-26-54-52/h1-30H. The van der Waals surface area contributed by atoms with Crippen LogP contribution in [0, 0.1) is 0 Å². The summed E-state index contributed by atoms with van der Waals surface area (Å²) >= 11 is 0. The molecule has 0 amide bonds. The molecule has 0 fully saturated rings. The molecule has 5 heteroatoms. The molecule has 1 aliphatic rings. The van der Waals surface area contributed by atoms with E-state index in [9.17, 15) is 0 Å². The smallest absolute Gasteiger partial charge is 0.138 e. The highest BCUT2D eigenvalue weighted by molar-refractivity contribution is 6.26. The van der Waals surface area contributed by atoms with Gasteiger partial charge in [0.25, 0.3) is 0 Å². The fourth-order valence-corrected chi connectivity index (χ4v) is 9.54. The predicted molar refractivity (Wildman–Crippen MR) is 234 cm³/mol. The maximum absolute atomic E-state index is 7.04. The van der Waals surface area contributed by atoms with Crippen LogP contribution in [-0.2, 0) is 0 Å². The minimum Gasteiger partial charge on any atom is -0.456 e. The van der Waals surface area contributed by atoms with E-state index in [0.717, 1.165) is 77.8 Å². The number of para-hydroxylation sites is 3. The molecular weight excluding hydrogens is 697 g/mol. The number of hydrogen-bond donors (Lipinski definition) is 0. The number of rotatable bonds is 3. The Hall–Kier alpha value is -7.76. The highest BCUT2D eigenvalue weighted by Crippen LogP contribution is 2.51. The molecule has 0 atom stereocenters. The van der Waals surface area contributed by atoms with Crippen molar-refractivity contribution in [3.63, 3.8) is 0 Å². The summed E-state index contributed by atoms with van der Waals surface area (Å²) in [5.41, 5.74) is 13.2. The average Bonchev–Trinajstić information content (AvgIpc) is 3.79. The minimum atomic E-state index is 0.854. The van der Waals surface area contributed by atoms with Crippen molar-refractivity contribution in [3.8, 4) is 45.1 Å². The van der Waals surface area contributed by atoms with Crippen LogP contribution in [0.4, 0.5) is 0 Å². The number of pyridine rings is 2. The average molecular weight is 727 g/mol. The van der Waals surface area contributed by atoms with Crippen molar-refractivity contribution in [3.05, 3.63) is 182 Å². The second-order valence-corrected chi connectivity index (χ2v) is 15.0. The quantitative estimate of drug-likeness (QED) is 0.170. The maximum Gasteiger partial charge on any atom is 0.138 e. The van der Waals surface area contributed by atoms with Crippen molar-refractivity contribution in [1.29, 1.82) is 0 Å². The summed E-state index contributed by atoms with van der Waals surface area (Å²) in [6.45, 7) is 0. The zero-order valence-corrected chi connectivity index (χ0v) is 30.5. The van der Waals surface area contributed by atoms with Crippen molar-refractivity contribution in [2.45, 2.75) is 0 Å². The summed E-state index contributed by atoms with van der Waals surface area (Å²) < 4.78 is 11.8. The Balaban J connectivity index is 1.02. The van der Waals surface area contributed by atoms with Crippen LogP contribution >= 0.6 is 0 Å². The molecule has 57 heavy (non-hydrogen) atoms. The van der Waals surface area contributed by atoms with Gasteiger partial charge in [-0.3, -0.25) is 9.97 Å². The molecule has 13 rings (SSSR count). The van der Waals surface area contributed by atoms with Crippen LogP contribution in [0.25, 0.3) is 110 Å². The predicted octanol–water partition coefficient (Wildman–Crippen LogP) is 13.6. The zero-order chi connectivity index (χ0) is 37.2. The van der Waals surface area contributed by atoms with Gasteiger partial charge < -0.3 is 13.9 Å². The molecule has 0 aliphatic carbocycles. The number of hydrogen-bond acceptors (Lipinski definition) is 3. The van der Waals surface area contributed by atoms with E-state index >= 15 is 0 Å². The van der Waals surface area contributed by atoms with Gasteiger partial charge >= 0.3 is 0 Å². The monoisotopic (exact) mass is 726 g/mol. The Morgan fingerprint density at radius 2 is 1.09 bits per heavy atom. The van der Waals surface area contributed by atoms with Gasteiger partial charge in [0.05, 0.1) is 38.8 Å². The van der Waals surface area contributed by atoms with Gasteiger partial charge in [-0.2, -0.15) is 0 Å². The molecule has 0 unspecified atom stereocenters. The number of fused-ring (bicyclic) bond motifs is 12. The summed E-state index contributed by atoms with van der Waals surface area (Å²) in [4.78, 5) is 9.59. The molecule has 0 N–H and O–H groups in total. The van der Waals surface area contributed by atoms with Crippen LogP contribution in [0.1, 0.15) is 0 Å². The SMILES string of the molecule is c1ccc(-n2c3ccccc3c3cc(-c4ccc5c(c4)Oc4cc6c(c7cccc-5c47)c4ccccc4n6-c4cc5cccnc5c5ncccc45)ccc32)cc1.